The molecule has 4 nitrogen and oxygen atoms in total. The number of nitrogens with zero attached hydrogens (tertiary/aromatic N) is 2. The van der Waals surface area contributed by atoms with Gasteiger partial charge in [-0.2, -0.15) is 5.26 Å². The number of fused-ring (bicyclic) bond motifs is 1. The predicted molar refractivity (Wildman–Crippen MR) is 107 cm³/mol. The van der Waals surface area contributed by atoms with E-state index in [2.05, 4.69) is 29.3 Å². The highest BCUT2D eigenvalue weighted by Crippen LogP contribution is 2.35. The van der Waals surface area contributed by atoms with E-state index in [-0.39, 0.29) is 5.91 Å². The first-order valence-electron chi connectivity index (χ1n) is 8.59. The van der Waals surface area contributed by atoms with Crippen molar-refractivity contribution in [2.75, 3.05) is 23.3 Å². The van der Waals surface area contributed by atoms with Gasteiger partial charge in [-0.05, 0) is 61.4 Å². The third-order valence-electron chi connectivity index (χ3n) is 4.56. The Morgan fingerprint density at radius 1 is 1.27 bits per heavy atom. The molecule has 0 saturated heterocycles. The summed E-state index contributed by atoms with van der Waals surface area (Å²) >= 11 is 6.09. The van der Waals surface area contributed by atoms with E-state index in [0.717, 1.165) is 34.6 Å². The van der Waals surface area contributed by atoms with Crippen molar-refractivity contribution in [1.29, 1.82) is 5.26 Å². The van der Waals surface area contributed by atoms with Crippen LogP contribution in [0.2, 0.25) is 5.02 Å². The molecular weight excluding hydrogens is 346 g/mol. The molecule has 0 unspecified atom stereocenters. The minimum absolute atomic E-state index is 0.116. The number of carbonyl (C=O) groups excluding carboxylic acids is 1. The minimum atomic E-state index is -0.116. The summed E-state index contributed by atoms with van der Waals surface area (Å²) in [5, 5.41) is 12.3. The van der Waals surface area contributed by atoms with Crippen molar-refractivity contribution in [3.63, 3.8) is 0 Å². The molecule has 2 aromatic rings. The van der Waals surface area contributed by atoms with Crippen molar-refractivity contribution < 1.29 is 4.79 Å². The maximum absolute atomic E-state index is 12.3. The van der Waals surface area contributed by atoms with Crippen LogP contribution < -0.4 is 10.2 Å². The van der Waals surface area contributed by atoms with E-state index >= 15 is 0 Å². The Morgan fingerprint density at radius 3 is 2.77 bits per heavy atom. The molecule has 132 valence electrons. The average molecular weight is 366 g/mol. The van der Waals surface area contributed by atoms with Crippen molar-refractivity contribution in [3.05, 3.63) is 58.1 Å². The molecule has 2 aromatic carbocycles. The highest BCUT2D eigenvalue weighted by molar-refractivity contribution is 6.36. The lowest BCUT2D eigenvalue weighted by atomic mass is 10.0. The highest BCUT2D eigenvalue weighted by Gasteiger charge is 2.24. The fourth-order valence-corrected chi connectivity index (χ4v) is 3.30. The number of hydrogen-bond acceptors (Lipinski definition) is 3. The number of benzene rings is 2. The van der Waals surface area contributed by atoms with Crippen molar-refractivity contribution >= 4 is 40.5 Å². The number of nitrogens with one attached hydrogen (secondary N) is 1. The van der Waals surface area contributed by atoms with Gasteiger partial charge in [0, 0.05) is 40.6 Å². The molecule has 1 amide bonds. The average Bonchev–Trinajstić information content (AvgIpc) is 2.92. The third-order valence-corrected chi connectivity index (χ3v) is 4.79. The fraction of sp³-hybridized carbons (Fsp3) is 0.238. The summed E-state index contributed by atoms with van der Waals surface area (Å²) in [5.74, 6) is -0.116. The van der Waals surface area contributed by atoms with Crippen molar-refractivity contribution in [3.8, 4) is 6.07 Å². The van der Waals surface area contributed by atoms with Gasteiger partial charge in [0.25, 0.3) is 5.91 Å². The molecule has 5 heteroatoms. The van der Waals surface area contributed by atoms with Gasteiger partial charge in [-0.15, -0.1) is 0 Å². The van der Waals surface area contributed by atoms with E-state index in [1.165, 1.54) is 0 Å². The van der Waals surface area contributed by atoms with E-state index in [4.69, 9.17) is 16.9 Å². The quantitative estimate of drug-likeness (QED) is 0.768. The summed E-state index contributed by atoms with van der Waals surface area (Å²) in [6.45, 7) is 5.66. The smallest absolute Gasteiger partial charge is 0.256 e. The molecule has 0 atom stereocenters. The van der Waals surface area contributed by atoms with Gasteiger partial charge in [0.2, 0.25) is 0 Å². The Labute approximate surface area is 158 Å². The molecule has 1 aliphatic heterocycles. The van der Waals surface area contributed by atoms with E-state index < -0.39 is 0 Å². The van der Waals surface area contributed by atoms with Gasteiger partial charge in [-0.3, -0.25) is 4.79 Å². The lowest BCUT2D eigenvalue weighted by molar-refractivity contribution is -0.110. The van der Waals surface area contributed by atoms with E-state index in [0.29, 0.717) is 23.6 Å². The van der Waals surface area contributed by atoms with Crippen LogP contribution in [-0.2, 0) is 4.79 Å². The number of nitriles is 1. The van der Waals surface area contributed by atoms with Gasteiger partial charge in [0.1, 0.15) is 0 Å². The maximum Gasteiger partial charge on any atom is 0.256 e. The van der Waals surface area contributed by atoms with Gasteiger partial charge >= 0.3 is 0 Å². The van der Waals surface area contributed by atoms with Crippen LogP contribution in [0.5, 0.6) is 0 Å². The molecule has 1 aliphatic rings. The molecule has 0 radical (unpaired) electrons. The second kappa shape index (κ2) is 7.63. The van der Waals surface area contributed by atoms with E-state index in [9.17, 15) is 4.79 Å². The summed E-state index contributed by atoms with van der Waals surface area (Å²) in [4.78, 5) is 14.5. The number of hydrogen-bond donors (Lipinski definition) is 1. The second-order valence-corrected chi connectivity index (χ2v) is 6.67. The molecule has 0 bridgehead atoms. The molecule has 0 aromatic heterocycles. The highest BCUT2D eigenvalue weighted by atomic mass is 35.5. The number of amides is 1. The normalized spacial score (nSPS) is 14.1. The van der Waals surface area contributed by atoms with Crippen LogP contribution in [0.25, 0.3) is 11.6 Å². The summed E-state index contributed by atoms with van der Waals surface area (Å²) in [6.07, 6.45) is 2.40. The van der Waals surface area contributed by atoms with Gasteiger partial charge in [0.15, 0.2) is 0 Å². The Kier molecular flexibility index (Phi) is 5.29. The molecule has 26 heavy (non-hydrogen) atoms. The van der Waals surface area contributed by atoms with Gasteiger partial charge in [0.05, 0.1) is 12.5 Å². The molecule has 0 aliphatic carbocycles. The molecule has 1 heterocycles. The van der Waals surface area contributed by atoms with Gasteiger partial charge in [-0.1, -0.05) is 17.7 Å². The van der Waals surface area contributed by atoms with Crippen LogP contribution in [0, 0.1) is 18.3 Å². The molecule has 1 N–H and O–H groups in total. The van der Waals surface area contributed by atoms with Crippen LogP contribution in [0.4, 0.5) is 11.4 Å². The molecule has 0 saturated carbocycles. The standard InChI is InChI=1S/C21H20ClN3O/c1-3-25(10-4-9-23)17-7-5-15(14(2)11-17)12-19-18-13-16(22)6-8-20(18)24-21(19)26/h5-8,11-13H,3-4,10H2,1-2H3,(H,24,26)/b19-12+. The summed E-state index contributed by atoms with van der Waals surface area (Å²) in [6, 6.07) is 13.7. The summed E-state index contributed by atoms with van der Waals surface area (Å²) in [7, 11) is 0. The second-order valence-electron chi connectivity index (χ2n) is 6.23. The lowest BCUT2D eigenvalue weighted by Crippen LogP contribution is -2.23. The Balaban J connectivity index is 1.94. The molecule has 3 rings (SSSR count). The zero-order valence-electron chi connectivity index (χ0n) is 14.8. The van der Waals surface area contributed by atoms with Crippen molar-refractivity contribution in [2.24, 2.45) is 0 Å². The summed E-state index contributed by atoms with van der Waals surface area (Å²) in [5.41, 5.74) is 5.39. The van der Waals surface area contributed by atoms with Crippen LogP contribution in [0.15, 0.2) is 36.4 Å². The number of aryl methyl sites for hydroxylation is 1. The van der Waals surface area contributed by atoms with Crippen LogP contribution in [0.3, 0.4) is 0 Å². The largest absolute Gasteiger partial charge is 0.371 e. The zero-order valence-corrected chi connectivity index (χ0v) is 15.6. The molecule has 0 spiro atoms. The number of halogens is 1. The topological polar surface area (TPSA) is 56.1 Å². The lowest BCUT2D eigenvalue weighted by Gasteiger charge is -2.22. The van der Waals surface area contributed by atoms with Gasteiger partial charge in [-0.25, -0.2) is 0 Å². The Hall–Kier alpha value is -2.77. The first-order chi connectivity index (χ1) is 12.5. The first-order valence-corrected chi connectivity index (χ1v) is 8.96. The molecule has 0 fully saturated rings. The van der Waals surface area contributed by atoms with E-state index in [1.54, 1.807) is 6.07 Å². The maximum atomic E-state index is 12.3. The SMILES string of the molecule is CCN(CCC#N)c1ccc(/C=C2/C(=O)Nc3ccc(Cl)cc32)c(C)c1. The fourth-order valence-electron chi connectivity index (χ4n) is 3.13. The van der Waals surface area contributed by atoms with Crippen LogP contribution in [-0.4, -0.2) is 19.0 Å². The minimum Gasteiger partial charge on any atom is -0.371 e. The van der Waals surface area contributed by atoms with Crippen molar-refractivity contribution in [2.45, 2.75) is 20.3 Å². The van der Waals surface area contributed by atoms with Crippen LogP contribution >= 0.6 is 11.6 Å². The van der Waals surface area contributed by atoms with Crippen LogP contribution in [0.1, 0.15) is 30.0 Å². The monoisotopic (exact) mass is 365 g/mol. The third kappa shape index (κ3) is 3.58. The Morgan fingerprint density at radius 2 is 2.08 bits per heavy atom. The van der Waals surface area contributed by atoms with Crippen molar-refractivity contribution in [1.82, 2.24) is 0 Å². The first kappa shape index (κ1) is 18.0. The predicted octanol–water partition coefficient (Wildman–Crippen LogP) is 4.88. The number of carbonyl (C=O) groups is 1. The van der Waals surface area contributed by atoms with E-state index in [1.807, 2.05) is 37.3 Å². The Bertz CT molecular complexity index is 927. The zero-order chi connectivity index (χ0) is 18.7. The molecular formula is C21H20ClN3O. The number of rotatable bonds is 5. The summed E-state index contributed by atoms with van der Waals surface area (Å²) < 4.78 is 0. The van der Waals surface area contributed by atoms with Gasteiger partial charge < -0.3 is 10.2 Å². The number of anilines is 2.